The Balaban J connectivity index is 1.47. The van der Waals surface area contributed by atoms with Crippen molar-refractivity contribution in [2.45, 2.75) is 62.7 Å². The van der Waals surface area contributed by atoms with E-state index in [-0.39, 0.29) is 34.8 Å². The minimum atomic E-state index is -3.75. The summed E-state index contributed by atoms with van der Waals surface area (Å²) in [6.45, 7) is 8.38. The third kappa shape index (κ3) is 4.79. The first-order valence-electron chi connectivity index (χ1n) is 11.6. The first kappa shape index (κ1) is 24.2. The molecule has 0 aliphatic carbocycles. The molecule has 0 spiro atoms. The topological polar surface area (TPSA) is 86.8 Å². The van der Waals surface area contributed by atoms with Gasteiger partial charge in [-0.05, 0) is 74.6 Å². The number of amides is 2. The zero-order valence-corrected chi connectivity index (χ0v) is 20.4. The number of hydrogen-bond acceptors (Lipinski definition) is 4. The normalized spacial score (nSPS) is 23.1. The maximum Gasteiger partial charge on any atom is 0.254 e. The van der Waals surface area contributed by atoms with Crippen molar-refractivity contribution in [1.82, 2.24) is 14.5 Å². The predicted octanol–water partition coefficient (Wildman–Crippen LogP) is 3.12. The van der Waals surface area contributed by atoms with E-state index in [9.17, 15) is 18.0 Å². The van der Waals surface area contributed by atoms with Gasteiger partial charge in [-0.1, -0.05) is 30.8 Å². The summed E-state index contributed by atoms with van der Waals surface area (Å²) in [6.07, 6.45) is 3.09. The first-order valence-corrected chi connectivity index (χ1v) is 13.1. The van der Waals surface area contributed by atoms with E-state index in [1.807, 2.05) is 32.0 Å². The lowest BCUT2D eigenvalue weighted by Gasteiger charge is -2.41. The van der Waals surface area contributed by atoms with E-state index < -0.39 is 10.0 Å². The molecular formula is C26H31N3O4S. The molecule has 2 aliphatic heterocycles. The van der Waals surface area contributed by atoms with E-state index in [1.165, 1.54) is 28.1 Å². The molecule has 2 aromatic rings. The van der Waals surface area contributed by atoms with E-state index in [1.54, 1.807) is 17.0 Å². The first-order chi connectivity index (χ1) is 16.2. The van der Waals surface area contributed by atoms with Gasteiger partial charge in [0.2, 0.25) is 15.9 Å². The number of hydrogen-bond donors (Lipinski definition) is 1. The summed E-state index contributed by atoms with van der Waals surface area (Å²) < 4.78 is 28.4. The molecule has 180 valence electrons. The zero-order chi connectivity index (χ0) is 24.5. The number of carbonyl (C=O) groups excluding carboxylic acids is 2. The van der Waals surface area contributed by atoms with Gasteiger partial charge in [0, 0.05) is 36.8 Å². The molecule has 7 nitrogen and oxygen atoms in total. The minimum Gasteiger partial charge on any atom is -0.350 e. The zero-order valence-electron chi connectivity index (χ0n) is 19.6. The van der Waals surface area contributed by atoms with Gasteiger partial charge in [0.25, 0.3) is 5.91 Å². The fourth-order valence-corrected chi connectivity index (χ4v) is 7.00. The second kappa shape index (κ2) is 9.72. The molecule has 8 heteroatoms. The summed E-state index contributed by atoms with van der Waals surface area (Å²) in [6, 6.07) is 13.7. The third-order valence-electron chi connectivity index (χ3n) is 6.75. The van der Waals surface area contributed by atoms with Crippen LogP contribution in [0.4, 0.5) is 0 Å². The number of benzene rings is 2. The molecule has 2 atom stereocenters. The highest BCUT2D eigenvalue weighted by molar-refractivity contribution is 7.89. The van der Waals surface area contributed by atoms with Gasteiger partial charge in [0.15, 0.2) is 0 Å². The van der Waals surface area contributed by atoms with E-state index in [4.69, 9.17) is 0 Å². The molecule has 0 saturated carbocycles. The molecule has 1 N–H and O–H groups in total. The van der Waals surface area contributed by atoms with Crippen molar-refractivity contribution in [2.75, 3.05) is 6.54 Å². The van der Waals surface area contributed by atoms with Gasteiger partial charge in [-0.3, -0.25) is 9.59 Å². The van der Waals surface area contributed by atoms with Crippen LogP contribution < -0.4 is 5.32 Å². The van der Waals surface area contributed by atoms with Crippen LogP contribution in [-0.4, -0.2) is 54.1 Å². The summed E-state index contributed by atoms with van der Waals surface area (Å²) >= 11 is 0. The smallest absolute Gasteiger partial charge is 0.254 e. The average Bonchev–Trinajstić information content (AvgIpc) is 2.82. The molecule has 34 heavy (non-hydrogen) atoms. The van der Waals surface area contributed by atoms with E-state index in [0.29, 0.717) is 31.5 Å². The lowest BCUT2D eigenvalue weighted by Crippen LogP contribution is -2.54. The minimum absolute atomic E-state index is 0.0982. The van der Waals surface area contributed by atoms with Crippen molar-refractivity contribution in [3.63, 3.8) is 0 Å². The Bertz CT molecular complexity index is 1180. The van der Waals surface area contributed by atoms with Crippen molar-refractivity contribution in [1.29, 1.82) is 0 Å². The molecule has 0 radical (unpaired) electrons. The fraction of sp³-hybridized carbons (Fsp3) is 0.385. The lowest BCUT2D eigenvalue weighted by molar-refractivity contribution is -0.117. The Labute approximate surface area is 201 Å². The Morgan fingerprint density at radius 1 is 1.00 bits per heavy atom. The van der Waals surface area contributed by atoms with Gasteiger partial charge in [-0.15, -0.1) is 0 Å². The predicted molar refractivity (Wildman–Crippen MR) is 131 cm³/mol. The van der Waals surface area contributed by atoms with Gasteiger partial charge in [-0.2, -0.15) is 4.31 Å². The van der Waals surface area contributed by atoms with Crippen molar-refractivity contribution < 1.29 is 18.0 Å². The van der Waals surface area contributed by atoms with Crippen LogP contribution in [-0.2, 0) is 27.8 Å². The second-order valence-electron chi connectivity index (χ2n) is 9.18. The van der Waals surface area contributed by atoms with Gasteiger partial charge >= 0.3 is 0 Å². The third-order valence-corrected chi connectivity index (χ3v) is 8.89. The summed E-state index contributed by atoms with van der Waals surface area (Å²) in [5.41, 5.74) is 2.89. The van der Waals surface area contributed by atoms with Gasteiger partial charge in [-0.25, -0.2) is 8.42 Å². The Kier molecular flexibility index (Phi) is 6.91. The van der Waals surface area contributed by atoms with Crippen LogP contribution in [0.3, 0.4) is 0 Å². The second-order valence-corrected chi connectivity index (χ2v) is 11.0. The molecule has 2 amide bonds. The molecule has 2 aliphatic rings. The van der Waals surface area contributed by atoms with Gasteiger partial charge < -0.3 is 10.2 Å². The van der Waals surface area contributed by atoms with Gasteiger partial charge in [0.1, 0.15) is 0 Å². The largest absolute Gasteiger partial charge is 0.350 e. The average molecular weight is 482 g/mol. The Hall–Kier alpha value is -2.97. The number of carbonyl (C=O) groups is 2. The molecule has 1 fully saturated rings. The summed E-state index contributed by atoms with van der Waals surface area (Å²) in [5.74, 6) is -0.350. The molecule has 2 aromatic carbocycles. The highest BCUT2D eigenvalue weighted by Gasteiger charge is 2.39. The number of sulfonamides is 1. The van der Waals surface area contributed by atoms with Crippen LogP contribution in [0, 0.1) is 0 Å². The number of nitrogens with one attached hydrogen (secondary N) is 1. The SMILES string of the molecule is C=CC(=O)NC1CC(C)N(S(=O)(=O)c2ccc(C(=O)N3CCc4ccccc4C3)cc2)C(C)C1. The molecule has 2 unspecified atom stereocenters. The highest BCUT2D eigenvalue weighted by atomic mass is 32.2. The lowest BCUT2D eigenvalue weighted by atomic mass is 9.95. The fourth-order valence-electron chi connectivity index (χ4n) is 5.16. The van der Waals surface area contributed by atoms with Crippen LogP contribution >= 0.6 is 0 Å². The standard InChI is InChI=1S/C26H31N3O4S/c1-4-25(30)27-23-15-18(2)29(19(3)16-23)34(32,33)24-11-9-21(10-12-24)26(31)28-14-13-20-7-5-6-8-22(20)17-28/h4-12,18-19,23H,1,13-17H2,2-3H3,(H,27,30). The number of fused-ring (bicyclic) bond motifs is 1. The Morgan fingerprint density at radius 2 is 1.62 bits per heavy atom. The van der Waals surface area contributed by atoms with Crippen molar-refractivity contribution >= 4 is 21.8 Å². The summed E-state index contributed by atoms with van der Waals surface area (Å²) in [4.78, 5) is 26.7. The van der Waals surface area contributed by atoms with Gasteiger partial charge in [0.05, 0.1) is 4.90 Å². The van der Waals surface area contributed by atoms with Crippen LogP contribution in [0.1, 0.15) is 48.2 Å². The van der Waals surface area contributed by atoms with E-state index in [2.05, 4.69) is 18.0 Å². The molecule has 2 heterocycles. The van der Waals surface area contributed by atoms with Crippen molar-refractivity contribution in [2.24, 2.45) is 0 Å². The number of nitrogens with zero attached hydrogens (tertiary/aromatic N) is 2. The van der Waals surface area contributed by atoms with Crippen LogP contribution in [0.2, 0.25) is 0 Å². The van der Waals surface area contributed by atoms with E-state index in [0.717, 1.165) is 12.0 Å². The van der Waals surface area contributed by atoms with Crippen molar-refractivity contribution in [3.8, 4) is 0 Å². The molecule has 0 aromatic heterocycles. The monoisotopic (exact) mass is 481 g/mol. The number of piperidine rings is 1. The van der Waals surface area contributed by atoms with E-state index >= 15 is 0 Å². The maximum absolute atomic E-state index is 13.4. The van der Waals surface area contributed by atoms with Crippen molar-refractivity contribution in [3.05, 3.63) is 77.9 Å². The molecule has 0 bridgehead atoms. The van der Waals surface area contributed by atoms with Crippen LogP contribution in [0.5, 0.6) is 0 Å². The maximum atomic E-state index is 13.4. The van der Waals surface area contributed by atoms with Crippen LogP contribution in [0.25, 0.3) is 0 Å². The number of rotatable bonds is 5. The summed E-state index contributed by atoms with van der Waals surface area (Å²) in [7, 11) is -3.75. The quantitative estimate of drug-likeness (QED) is 0.665. The highest BCUT2D eigenvalue weighted by Crippen LogP contribution is 2.30. The molecule has 4 rings (SSSR count). The molecule has 1 saturated heterocycles. The van der Waals surface area contributed by atoms with Crippen LogP contribution in [0.15, 0.2) is 66.1 Å². The molecular weight excluding hydrogens is 450 g/mol. The Morgan fingerprint density at radius 3 is 2.24 bits per heavy atom. The summed E-state index contributed by atoms with van der Waals surface area (Å²) in [5, 5.41) is 2.88.